The fourth-order valence-electron chi connectivity index (χ4n) is 2.72. The molecule has 0 spiro atoms. The molecule has 0 heterocycles. The molecule has 0 bridgehead atoms. The summed E-state index contributed by atoms with van der Waals surface area (Å²) in [5, 5.41) is 6.76. The van der Waals surface area contributed by atoms with Crippen LogP contribution in [0.4, 0.5) is 5.69 Å². The Bertz CT molecular complexity index is 1110. The van der Waals surface area contributed by atoms with Crippen molar-refractivity contribution in [3.05, 3.63) is 87.9 Å². The van der Waals surface area contributed by atoms with Crippen LogP contribution in [0.3, 0.4) is 0 Å². The molecule has 0 aliphatic heterocycles. The van der Waals surface area contributed by atoms with Gasteiger partial charge >= 0.3 is 0 Å². The molecule has 0 fully saturated rings. The van der Waals surface area contributed by atoms with Gasteiger partial charge in [-0.05, 0) is 76.1 Å². The van der Waals surface area contributed by atoms with E-state index in [4.69, 9.17) is 9.47 Å². The molecule has 2 N–H and O–H groups in total. The van der Waals surface area contributed by atoms with Gasteiger partial charge in [-0.2, -0.15) is 5.10 Å². The van der Waals surface area contributed by atoms with E-state index in [0.29, 0.717) is 22.7 Å². The lowest BCUT2D eigenvalue weighted by molar-refractivity contribution is 0.0956. The first-order chi connectivity index (χ1) is 15.0. The molecular formula is C23H20BrN3O4. The Morgan fingerprint density at radius 1 is 0.935 bits per heavy atom. The number of carbonyl (C=O) groups is 2. The molecule has 0 atom stereocenters. The average Bonchev–Trinajstić information content (AvgIpc) is 2.79. The number of hydrogen-bond acceptors (Lipinski definition) is 5. The fraction of sp³-hybridized carbons (Fsp3) is 0.0870. The first kappa shape index (κ1) is 22.0. The number of hydrazone groups is 1. The molecule has 0 saturated carbocycles. The smallest absolute Gasteiger partial charge is 0.273 e. The number of nitrogens with zero attached hydrogens (tertiary/aromatic N) is 1. The van der Waals surface area contributed by atoms with Crippen LogP contribution in [0.25, 0.3) is 0 Å². The predicted molar refractivity (Wildman–Crippen MR) is 123 cm³/mol. The molecule has 158 valence electrons. The molecule has 0 radical (unpaired) electrons. The fourth-order valence-corrected chi connectivity index (χ4v) is 3.27. The normalized spacial score (nSPS) is 10.5. The van der Waals surface area contributed by atoms with E-state index in [0.717, 1.165) is 10.0 Å². The van der Waals surface area contributed by atoms with Crippen LogP contribution in [0, 0.1) is 0 Å². The van der Waals surface area contributed by atoms with Gasteiger partial charge < -0.3 is 14.8 Å². The van der Waals surface area contributed by atoms with Crippen molar-refractivity contribution in [1.29, 1.82) is 0 Å². The van der Waals surface area contributed by atoms with E-state index >= 15 is 0 Å². The highest BCUT2D eigenvalue weighted by Crippen LogP contribution is 2.24. The second-order valence-corrected chi connectivity index (χ2v) is 7.18. The maximum absolute atomic E-state index is 12.6. The number of amides is 2. The summed E-state index contributed by atoms with van der Waals surface area (Å²) >= 11 is 3.40. The molecule has 0 aliphatic carbocycles. The Kier molecular flexibility index (Phi) is 7.40. The Morgan fingerprint density at radius 3 is 2.35 bits per heavy atom. The number of para-hydroxylation sites is 1. The quantitative estimate of drug-likeness (QED) is 0.384. The topological polar surface area (TPSA) is 89.0 Å². The van der Waals surface area contributed by atoms with E-state index in [-0.39, 0.29) is 11.5 Å². The van der Waals surface area contributed by atoms with Crippen molar-refractivity contribution in [3.63, 3.8) is 0 Å². The van der Waals surface area contributed by atoms with E-state index in [9.17, 15) is 9.59 Å². The van der Waals surface area contributed by atoms with Crippen molar-refractivity contribution in [2.45, 2.75) is 0 Å². The molecule has 0 saturated heterocycles. The first-order valence-corrected chi connectivity index (χ1v) is 10.0. The summed E-state index contributed by atoms with van der Waals surface area (Å²) < 4.78 is 11.1. The molecular weight excluding hydrogens is 462 g/mol. The van der Waals surface area contributed by atoms with Crippen molar-refractivity contribution < 1.29 is 19.1 Å². The molecule has 31 heavy (non-hydrogen) atoms. The Labute approximate surface area is 188 Å². The van der Waals surface area contributed by atoms with E-state index in [2.05, 4.69) is 31.8 Å². The monoisotopic (exact) mass is 481 g/mol. The Balaban J connectivity index is 1.69. The highest BCUT2D eigenvalue weighted by molar-refractivity contribution is 9.10. The largest absolute Gasteiger partial charge is 0.497 e. The second kappa shape index (κ2) is 10.4. The third kappa shape index (κ3) is 5.70. The van der Waals surface area contributed by atoms with Crippen LogP contribution < -0.4 is 20.2 Å². The van der Waals surface area contributed by atoms with Crippen molar-refractivity contribution >= 4 is 39.6 Å². The lowest BCUT2D eigenvalue weighted by Crippen LogP contribution is -2.21. The van der Waals surface area contributed by atoms with Gasteiger partial charge in [0.1, 0.15) is 11.5 Å². The molecule has 0 aromatic heterocycles. The van der Waals surface area contributed by atoms with Crippen molar-refractivity contribution in [3.8, 4) is 11.5 Å². The van der Waals surface area contributed by atoms with Crippen molar-refractivity contribution in [1.82, 2.24) is 5.43 Å². The van der Waals surface area contributed by atoms with Gasteiger partial charge in [-0.25, -0.2) is 5.43 Å². The number of rotatable bonds is 7. The van der Waals surface area contributed by atoms with Gasteiger partial charge in [0.2, 0.25) is 0 Å². The van der Waals surface area contributed by atoms with Crippen LogP contribution in [0.5, 0.6) is 11.5 Å². The second-order valence-electron chi connectivity index (χ2n) is 6.32. The maximum atomic E-state index is 12.6. The van der Waals surface area contributed by atoms with Gasteiger partial charge in [-0.1, -0.05) is 12.1 Å². The summed E-state index contributed by atoms with van der Waals surface area (Å²) in [4.78, 5) is 25.1. The molecule has 7 nitrogen and oxygen atoms in total. The SMILES string of the molecule is COc1ccc(C(=O)Nc2ccccc2C(=O)N/N=C/c2ccc(OC)c(Br)c2)cc1. The summed E-state index contributed by atoms with van der Waals surface area (Å²) in [6.07, 6.45) is 1.51. The Hall–Kier alpha value is -3.65. The summed E-state index contributed by atoms with van der Waals surface area (Å²) in [6.45, 7) is 0. The van der Waals surface area contributed by atoms with E-state index in [1.807, 2.05) is 12.1 Å². The van der Waals surface area contributed by atoms with Gasteiger partial charge in [0.25, 0.3) is 11.8 Å². The van der Waals surface area contributed by atoms with Crippen LogP contribution in [-0.4, -0.2) is 32.2 Å². The van der Waals surface area contributed by atoms with Gasteiger partial charge in [0.15, 0.2) is 0 Å². The summed E-state index contributed by atoms with van der Waals surface area (Å²) in [5.41, 5.74) is 4.36. The van der Waals surface area contributed by atoms with Crippen molar-refractivity contribution in [2.24, 2.45) is 5.10 Å². The average molecular weight is 482 g/mol. The number of hydrogen-bond donors (Lipinski definition) is 2. The lowest BCUT2D eigenvalue weighted by Gasteiger charge is -2.10. The minimum atomic E-state index is -0.450. The molecule has 3 aromatic carbocycles. The lowest BCUT2D eigenvalue weighted by atomic mass is 10.1. The molecule has 2 amide bonds. The van der Waals surface area contributed by atoms with Crippen LogP contribution in [-0.2, 0) is 0 Å². The highest BCUT2D eigenvalue weighted by atomic mass is 79.9. The summed E-state index contributed by atoms with van der Waals surface area (Å²) in [7, 11) is 3.14. The molecule has 8 heteroatoms. The van der Waals surface area contributed by atoms with Gasteiger partial charge in [0.05, 0.1) is 36.2 Å². The number of anilines is 1. The minimum Gasteiger partial charge on any atom is -0.497 e. The third-order valence-electron chi connectivity index (χ3n) is 4.33. The number of methoxy groups -OCH3 is 2. The highest BCUT2D eigenvalue weighted by Gasteiger charge is 2.14. The Morgan fingerprint density at radius 2 is 1.68 bits per heavy atom. The third-order valence-corrected chi connectivity index (χ3v) is 4.95. The van der Waals surface area contributed by atoms with Gasteiger partial charge in [-0.3, -0.25) is 9.59 Å². The zero-order valence-corrected chi connectivity index (χ0v) is 18.5. The maximum Gasteiger partial charge on any atom is 0.273 e. The molecule has 0 unspecified atom stereocenters. The zero-order chi connectivity index (χ0) is 22.2. The first-order valence-electron chi connectivity index (χ1n) is 9.23. The predicted octanol–water partition coefficient (Wildman–Crippen LogP) is 4.48. The number of benzene rings is 3. The van der Waals surface area contributed by atoms with Gasteiger partial charge in [0, 0.05) is 5.56 Å². The van der Waals surface area contributed by atoms with E-state index < -0.39 is 5.91 Å². The minimum absolute atomic E-state index is 0.289. The van der Waals surface area contributed by atoms with Crippen LogP contribution in [0.2, 0.25) is 0 Å². The van der Waals surface area contributed by atoms with Gasteiger partial charge in [-0.15, -0.1) is 0 Å². The van der Waals surface area contributed by atoms with Crippen LogP contribution in [0.1, 0.15) is 26.3 Å². The number of carbonyl (C=O) groups excluding carboxylic acids is 2. The molecule has 3 rings (SSSR count). The molecule has 3 aromatic rings. The number of nitrogens with one attached hydrogen (secondary N) is 2. The number of ether oxygens (including phenoxy) is 2. The summed E-state index contributed by atoms with van der Waals surface area (Å²) in [6, 6.07) is 18.8. The van der Waals surface area contributed by atoms with Crippen LogP contribution >= 0.6 is 15.9 Å². The van der Waals surface area contributed by atoms with Crippen molar-refractivity contribution in [2.75, 3.05) is 19.5 Å². The van der Waals surface area contributed by atoms with E-state index in [1.54, 1.807) is 68.8 Å². The van der Waals surface area contributed by atoms with E-state index in [1.165, 1.54) is 6.21 Å². The molecule has 0 aliphatic rings. The number of halogens is 1. The standard InChI is InChI=1S/C23H20BrN3O4/c1-30-17-10-8-16(9-11-17)22(28)26-20-6-4-3-5-18(20)23(29)27-25-14-15-7-12-21(31-2)19(24)13-15/h3-14H,1-2H3,(H,26,28)(H,27,29)/b25-14+. The zero-order valence-electron chi connectivity index (χ0n) is 16.9. The van der Waals surface area contributed by atoms with Crippen LogP contribution in [0.15, 0.2) is 76.3 Å². The summed E-state index contributed by atoms with van der Waals surface area (Å²) in [5.74, 6) is 0.560.